The molecule has 0 spiro atoms. The predicted octanol–water partition coefficient (Wildman–Crippen LogP) is 3.34. The molecule has 0 aliphatic carbocycles. The minimum atomic E-state index is -3.51. The second-order valence-corrected chi connectivity index (χ2v) is 8.25. The van der Waals surface area contributed by atoms with Crippen LogP contribution in [0, 0.1) is 6.92 Å². The van der Waals surface area contributed by atoms with Crippen molar-refractivity contribution in [2.24, 2.45) is 0 Å². The predicted molar refractivity (Wildman–Crippen MR) is 86.8 cm³/mol. The lowest BCUT2D eigenvalue weighted by molar-refractivity contribution is 0.603. The molecule has 1 aromatic carbocycles. The highest BCUT2D eigenvalue weighted by atomic mass is 79.9. The summed E-state index contributed by atoms with van der Waals surface area (Å²) in [5.41, 5.74) is 1.54. The first-order valence-corrected chi connectivity index (χ1v) is 9.04. The Morgan fingerprint density at radius 3 is 2.65 bits per heavy atom. The molecule has 0 aliphatic rings. The van der Waals surface area contributed by atoms with E-state index in [1.807, 2.05) is 26.1 Å². The van der Waals surface area contributed by atoms with Gasteiger partial charge in [-0.1, -0.05) is 15.9 Å². The first-order valence-electron chi connectivity index (χ1n) is 5.94. The van der Waals surface area contributed by atoms with Crippen LogP contribution in [-0.2, 0) is 16.6 Å². The van der Waals surface area contributed by atoms with Gasteiger partial charge in [-0.2, -0.15) is 0 Å². The Balaban J connectivity index is 2.23. The topological polar surface area (TPSA) is 58.2 Å². The molecule has 0 radical (unpaired) electrons. The summed E-state index contributed by atoms with van der Waals surface area (Å²) in [6, 6.07) is 8.81. The Morgan fingerprint density at radius 1 is 1.25 bits per heavy atom. The standard InChI is InChI=1S/C13H15BrN2O2S2/c1-9-7-10(3-5-12(9)14)16-20(17,18)13-6-4-11(19-13)8-15-2/h3-7,15-16H,8H2,1-2H3. The Hall–Kier alpha value is -0.890. The van der Waals surface area contributed by atoms with Crippen LogP contribution in [0.2, 0.25) is 0 Å². The first-order chi connectivity index (χ1) is 9.42. The fourth-order valence-electron chi connectivity index (χ4n) is 1.69. The van der Waals surface area contributed by atoms with Crippen LogP contribution in [0.15, 0.2) is 39.0 Å². The van der Waals surface area contributed by atoms with E-state index in [9.17, 15) is 8.42 Å². The van der Waals surface area contributed by atoms with Gasteiger partial charge in [-0.15, -0.1) is 11.3 Å². The van der Waals surface area contributed by atoms with Crippen LogP contribution in [0.3, 0.4) is 0 Å². The van der Waals surface area contributed by atoms with Gasteiger partial charge in [0.05, 0.1) is 0 Å². The quantitative estimate of drug-likeness (QED) is 0.843. The molecule has 2 aromatic rings. The van der Waals surface area contributed by atoms with Gasteiger partial charge in [0.2, 0.25) is 0 Å². The number of hydrogen-bond acceptors (Lipinski definition) is 4. The Bertz CT molecular complexity index is 711. The molecule has 0 unspecified atom stereocenters. The average Bonchev–Trinajstić information content (AvgIpc) is 2.83. The third-order valence-corrected chi connectivity index (χ3v) is 6.51. The Morgan fingerprint density at radius 2 is 2.00 bits per heavy atom. The zero-order valence-electron chi connectivity index (χ0n) is 11.1. The average molecular weight is 375 g/mol. The molecule has 108 valence electrons. The van der Waals surface area contributed by atoms with Gasteiger partial charge in [0.15, 0.2) is 0 Å². The van der Waals surface area contributed by atoms with Gasteiger partial charge in [-0.3, -0.25) is 4.72 Å². The van der Waals surface area contributed by atoms with E-state index in [4.69, 9.17) is 0 Å². The Labute approximate surface area is 131 Å². The maximum Gasteiger partial charge on any atom is 0.271 e. The van der Waals surface area contributed by atoms with E-state index in [1.54, 1.807) is 18.2 Å². The van der Waals surface area contributed by atoms with Gasteiger partial charge in [0.1, 0.15) is 4.21 Å². The smallest absolute Gasteiger partial charge is 0.271 e. The number of nitrogens with one attached hydrogen (secondary N) is 2. The first kappa shape index (κ1) is 15.5. The summed E-state index contributed by atoms with van der Waals surface area (Å²) in [4.78, 5) is 0.986. The molecule has 0 fully saturated rings. The summed E-state index contributed by atoms with van der Waals surface area (Å²) in [5.74, 6) is 0. The molecule has 1 heterocycles. The van der Waals surface area contributed by atoms with Crippen molar-refractivity contribution in [3.05, 3.63) is 45.2 Å². The summed E-state index contributed by atoms with van der Waals surface area (Å²) in [6.45, 7) is 2.58. The van der Waals surface area contributed by atoms with Crippen LogP contribution in [-0.4, -0.2) is 15.5 Å². The summed E-state index contributed by atoms with van der Waals surface area (Å²) >= 11 is 4.66. The van der Waals surface area contributed by atoms with Crippen LogP contribution in [0.4, 0.5) is 5.69 Å². The van der Waals surface area contributed by atoms with E-state index < -0.39 is 10.0 Å². The number of rotatable bonds is 5. The molecule has 4 nitrogen and oxygen atoms in total. The van der Waals surface area contributed by atoms with Gasteiger partial charge in [-0.25, -0.2) is 8.42 Å². The molecule has 2 N–H and O–H groups in total. The van der Waals surface area contributed by atoms with E-state index in [2.05, 4.69) is 26.0 Å². The molecule has 1 aromatic heterocycles. The summed E-state index contributed by atoms with van der Waals surface area (Å²) in [7, 11) is -1.68. The second-order valence-electron chi connectivity index (χ2n) is 4.32. The lowest BCUT2D eigenvalue weighted by Crippen LogP contribution is -2.11. The van der Waals surface area contributed by atoms with Crippen LogP contribution in [0.1, 0.15) is 10.4 Å². The summed E-state index contributed by atoms with van der Waals surface area (Å²) in [5, 5.41) is 3.00. The maximum absolute atomic E-state index is 12.3. The number of hydrogen-bond donors (Lipinski definition) is 2. The van der Waals surface area contributed by atoms with Crippen molar-refractivity contribution in [1.29, 1.82) is 0 Å². The fourth-order valence-corrected chi connectivity index (χ4v) is 4.35. The number of sulfonamides is 1. The van der Waals surface area contributed by atoms with Crippen molar-refractivity contribution in [2.45, 2.75) is 17.7 Å². The van der Waals surface area contributed by atoms with Gasteiger partial charge >= 0.3 is 0 Å². The third-order valence-electron chi connectivity index (χ3n) is 2.66. The third kappa shape index (κ3) is 3.60. The van der Waals surface area contributed by atoms with Crippen molar-refractivity contribution in [1.82, 2.24) is 5.32 Å². The molecule has 0 aliphatic heterocycles. The van der Waals surface area contributed by atoms with Crippen molar-refractivity contribution in [3.8, 4) is 0 Å². The van der Waals surface area contributed by atoms with Crippen LogP contribution in [0.25, 0.3) is 0 Å². The molecule has 0 atom stereocenters. The highest BCUT2D eigenvalue weighted by Gasteiger charge is 2.17. The molecule has 0 saturated heterocycles. The van der Waals surface area contributed by atoms with Gasteiger partial charge in [-0.05, 0) is 49.9 Å². The highest BCUT2D eigenvalue weighted by molar-refractivity contribution is 9.10. The van der Waals surface area contributed by atoms with Crippen LogP contribution < -0.4 is 10.0 Å². The lowest BCUT2D eigenvalue weighted by Gasteiger charge is -2.07. The summed E-state index contributed by atoms with van der Waals surface area (Å²) in [6.07, 6.45) is 0. The molecular weight excluding hydrogens is 360 g/mol. The van der Waals surface area contributed by atoms with E-state index >= 15 is 0 Å². The van der Waals surface area contributed by atoms with E-state index in [0.717, 1.165) is 14.9 Å². The molecule has 2 rings (SSSR count). The number of anilines is 1. The zero-order valence-corrected chi connectivity index (χ0v) is 14.3. The largest absolute Gasteiger partial charge is 0.315 e. The SMILES string of the molecule is CNCc1ccc(S(=O)(=O)Nc2ccc(Br)c(C)c2)s1. The minimum absolute atomic E-state index is 0.323. The number of benzene rings is 1. The maximum atomic E-state index is 12.3. The lowest BCUT2D eigenvalue weighted by atomic mass is 10.2. The number of thiophene rings is 1. The zero-order chi connectivity index (χ0) is 14.8. The van der Waals surface area contributed by atoms with Crippen LogP contribution >= 0.6 is 27.3 Å². The number of halogens is 1. The van der Waals surface area contributed by atoms with E-state index in [0.29, 0.717) is 16.4 Å². The number of aryl methyl sites for hydroxylation is 1. The molecule has 20 heavy (non-hydrogen) atoms. The fraction of sp³-hybridized carbons (Fsp3) is 0.231. The minimum Gasteiger partial charge on any atom is -0.315 e. The van der Waals surface area contributed by atoms with E-state index in [1.165, 1.54) is 11.3 Å². The van der Waals surface area contributed by atoms with Crippen LogP contribution in [0.5, 0.6) is 0 Å². The molecule has 0 bridgehead atoms. The van der Waals surface area contributed by atoms with Crippen molar-refractivity contribution in [2.75, 3.05) is 11.8 Å². The van der Waals surface area contributed by atoms with E-state index in [-0.39, 0.29) is 0 Å². The van der Waals surface area contributed by atoms with Crippen molar-refractivity contribution >= 4 is 43.0 Å². The molecular formula is C13H15BrN2O2S2. The second kappa shape index (κ2) is 6.26. The van der Waals surface area contributed by atoms with Crippen molar-refractivity contribution < 1.29 is 8.42 Å². The molecule has 0 amide bonds. The highest BCUT2D eigenvalue weighted by Crippen LogP contribution is 2.26. The molecule has 7 heteroatoms. The van der Waals surface area contributed by atoms with Gasteiger partial charge < -0.3 is 5.32 Å². The summed E-state index contributed by atoms with van der Waals surface area (Å²) < 4.78 is 28.4. The van der Waals surface area contributed by atoms with Gasteiger partial charge in [0.25, 0.3) is 10.0 Å². The van der Waals surface area contributed by atoms with Crippen molar-refractivity contribution in [3.63, 3.8) is 0 Å². The Kier molecular flexibility index (Phi) is 4.85. The molecule has 0 saturated carbocycles. The monoisotopic (exact) mass is 374 g/mol. The normalized spacial score (nSPS) is 11.6. The van der Waals surface area contributed by atoms with Gasteiger partial charge in [0, 0.05) is 21.6 Å².